The van der Waals surface area contributed by atoms with Gasteiger partial charge in [-0.05, 0) is 18.8 Å². The van der Waals surface area contributed by atoms with Crippen molar-refractivity contribution >= 4 is 5.95 Å². The van der Waals surface area contributed by atoms with E-state index >= 15 is 0 Å². The SMILES string of the molecule is COCCNCc1cnc(N(C)CC2CCC2)nc1. The first kappa shape index (κ1) is 14.2. The molecule has 0 unspecified atom stereocenters. The summed E-state index contributed by atoms with van der Waals surface area (Å²) in [6.07, 6.45) is 7.89. The molecule has 1 aromatic heterocycles. The van der Waals surface area contributed by atoms with Crippen LogP contribution in [0.5, 0.6) is 0 Å². The van der Waals surface area contributed by atoms with Crippen LogP contribution in [0, 0.1) is 5.92 Å². The van der Waals surface area contributed by atoms with Crippen LogP contribution in [0.15, 0.2) is 12.4 Å². The highest BCUT2D eigenvalue weighted by atomic mass is 16.5. The van der Waals surface area contributed by atoms with Crippen molar-refractivity contribution in [3.8, 4) is 0 Å². The molecular formula is C14H24N4O. The summed E-state index contributed by atoms with van der Waals surface area (Å²) < 4.78 is 4.98. The molecule has 5 heteroatoms. The number of aromatic nitrogens is 2. The largest absolute Gasteiger partial charge is 0.383 e. The highest BCUT2D eigenvalue weighted by Gasteiger charge is 2.19. The predicted molar refractivity (Wildman–Crippen MR) is 76.2 cm³/mol. The molecule has 5 nitrogen and oxygen atoms in total. The number of rotatable bonds is 8. The van der Waals surface area contributed by atoms with Crippen LogP contribution in [-0.4, -0.2) is 43.8 Å². The van der Waals surface area contributed by atoms with Crippen LogP contribution in [0.1, 0.15) is 24.8 Å². The second kappa shape index (κ2) is 7.40. The first-order chi connectivity index (χ1) is 9.29. The molecule has 0 bridgehead atoms. The van der Waals surface area contributed by atoms with Gasteiger partial charge < -0.3 is 15.0 Å². The minimum Gasteiger partial charge on any atom is -0.383 e. The molecule has 1 saturated carbocycles. The lowest BCUT2D eigenvalue weighted by Crippen LogP contribution is -2.30. The van der Waals surface area contributed by atoms with Gasteiger partial charge in [0.25, 0.3) is 0 Å². The van der Waals surface area contributed by atoms with Gasteiger partial charge in [-0.1, -0.05) is 6.42 Å². The first-order valence-corrected chi connectivity index (χ1v) is 7.01. The fraction of sp³-hybridized carbons (Fsp3) is 0.714. The number of anilines is 1. The van der Waals surface area contributed by atoms with Gasteiger partial charge in [0.15, 0.2) is 0 Å². The molecule has 0 saturated heterocycles. The van der Waals surface area contributed by atoms with E-state index < -0.39 is 0 Å². The Kier molecular flexibility index (Phi) is 5.54. The molecule has 1 N–H and O–H groups in total. The standard InChI is InChI=1S/C14H24N4O/c1-18(11-12-4-3-5-12)14-16-9-13(10-17-14)8-15-6-7-19-2/h9-10,12,15H,3-8,11H2,1-2H3. The van der Waals surface area contributed by atoms with E-state index in [9.17, 15) is 0 Å². The van der Waals surface area contributed by atoms with E-state index in [2.05, 4.69) is 27.2 Å². The third kappa shape index (κ3) is 4.44. The van der Waals surface area contributed by atoms with Gasteiger partial charge in [-0.15, -0.1) is 0 Å². The van der Waals surface area contributed by atoms with Gasteiger partial charge in [-0.2, -0.15) is 0 Å². The van der Waals surface area contributed by atoms with Crippen LogP contribution in [0.4, 0.5) is 5.95 Å². The van der Waals surface area contributed by atoms with E-state index in [0.717, 1.165) is 43.7 Å². The third-order valence-corrected chi connectivity index (χ3v) is 3.60. The molecule has 106 valence electrons. The van der Waals surface area contributed by atoms with E-state index in [1.165, 1.54) is 19.3 Å². The smallest absolute Gasteiger partial charge is 0.225 e. The van der Waals surface area contributed by atoms with Gasteiger partial charge in [0, 0.05) is 51.7 Å². The van der Waals surface area contributed by atoms with Crippen molar-refractivity contribution in [2.45, 2.75) is 25.8 Å². The Morgan fingerprint density at radius 1 is 1.37 bits per heavy atom. The number of hydrogen-bond donors (Lipinski definition) is 1. The van der Waals surface area contributed by atoms with E-state index in [0.29, 0.717) is 0 Å². The third-order valence-electron chi connectivity index (χ3n) is 3.60. The number of methoxy groups -OCH3 is 1. The summed E-state index contributed by atoms with van der Waals surface area (Å²) in [6.45, 7) is 3.43. The molecule has 1 heterocycles. The van der Waals surface area contributed by atoms with E-state index in [1.807, 2.05) is 12.4 Å². The lowest BCUT2D eigenvalue weighted by atomic mass is 9.85. The summed E-state index contributed by atoms with van der Waals surface area (Å²) in [5.41, 5.74) is 1.11. The van der Waals surface area contributed by atoms with Crippen LogP contribution in [0.25, 0.3) is 0 Å². The summed E-state index contributed by atoms with van der Waals surface area (Å²) in [5.74, 6) is 1.66. The van der Waals surface area contributed by atoms with E-state index in [1.54, 1.807) is 7.11 Å². The molecule has 0 spiro atoms. The molecule has 19 heavy (non-hydrogen) atoms. The second-order valence-electron chi connectivity index (χ2n) is 5.24. The van der Waals surface area contributed by atoms with Crippen LogP contribution in [0.3, 0.4) is 0 Å². The van der Waals surface area contributed by atoms with Gasteiger partial charge in [0.2, 0.25) is 5.95 Å². The van der Waals surface area contributed by atoms with Crippen molar-refractivity contribution < 1.29 is 4.74 Å². The molecular weight excluding hydrogens is 240 g/mol. The van der Waals surface area contributed by atoms with Crippen molar-refractivity contribution in [2.75, 3.05) is 38.8 Å². The van der Waals surface area contributed by atoms with Gasteiger partial charge in [0.1, 0.15) is 0 Å². The Hall–Kier alpha value is -1.20. The summed E-state index contributed by atoms with van der Waals surface area (Å²) in [6, 6.07) is 0. The molecule has 0 atom stereocenters. The molecule has 0 aliphatic heterocycles. The average Bonchev–Trinajstić information content (AvgIpc) is 2.39. The Balaban J connectivity index is 1.76. The topological polar surface area (TPSA) is 50.3 Å². The molecule has 1 aromatic rings. The van der Waals surface area contributed by atoms with Gasteiger partial charge >= 0.3 is 0 Å². The monoisotopic (exact) mass is 264 g/mol. The predicted octanol–water partition coefficient (Wildman–Crippen LogP) is 1.45. The van der Waals surface area contributed by atoms with Crippen LogP contribution in [-0.2, 0) is 11.3 Å². The fourth-order valence-corrected chi connectivity index (χ4v) is 2.19. The lowest BCUT2D eigenvalue weighted by Gasteiger charge is -2.30. The Morgan fingerprint density at radius 3 is 2.68 bits per heavy atom. The molecule has 2 rings (SSSR count). The van der Waals surface area contributed by atoms with Gasteiger partial charge in [-0.25, -0.2) is 9.97 Å². The Morgan fingerprint density at radius 2 is 2.11 bits per heavy atom. The van der Waals surface area contributed by atoms with E-state index in [-0.39, 0.29) is 0 Å². The Bertz CT molecular complexity index is 364. The number of hydrogen-bond acceptors (Lipinski definition) is 5. The zero-order valence-electron chi connectivity index (χ0n) is 11.9. The number of ether oxygens (including phenoxy) is 1. The van der Waals surface area contributed by atoms with Crippen molar-refractivity contribution in [2.24, 2.45) is 5.92 Å². The minimum atomic E-state index is 0.725. The summed E-state index contributed by atoms with van der Waals surface area (Å²) in [4.78, 5) is 11.0. The van der Waals surface area contributed by atoms with Crippen molar-refractivity contribution in [1.82, 2.24) is 15.3 Å². The van der Waals surface area contributed by atoms with Gasteiger partial charge in [-0.3, -0.25) is 0 Å². The summed E-state index contributed by atoms with van der Waals surface area (Å²) >= 11 is 0. The number of nitrogens with zero attached hydrogens (tertiary/aromatic N) is 3. The Labute approximate surface area is 115 Å². The van der Waals surface area contributed by atoms with Crippen molar-refractivity contribution in [3.63, 3.8) is 0 Å². The van der Waals surface area contributed by atoms with E-state index in [4.69, 9.17) is 4.74 Å². The highest BCUT2D eigenvalue weighted by molar-refractivity contribution is 5.28. The molecule has 1 fully saturated rings. The normalized spacial score (nSPS) is 15.3. The molecule has 0 amide bonds. The maximum Gasteiger partial charge on any atom is 0.225 e. The van der Waals surface area contributed by atoms with Crippen LogP contribution in [0.2, 0.25) is 0 Å². The first-order valence-electron chi connectivity index (χ1n) is 7.01. The molecule has 1 aliphatic rings. The second-order valence-corrected chi connectivity index (χ2v) is 5.24. The van der Waals surface area contributed by atoms with Crippen LogP contribution < -0.4 is 10.2 Å². The van der Waals surface area contributed by atoms with Crippen molar-refractivity contribution in [1.29, 1.82) is 0 Å². The fourth-order valence-electron chi connectivity index (χ4n) is 2.19. The maximum atomic E-state index is 4.98. The minimum absolute atomic E-state index is 0.725. The lowest BCUT2D eigenvalue weighted by molar-refractivity contribution is 0.199. The molecule has 0 aromatic carbocycles. The van der Waals surface area contributed by atoms with Crippen molar-refractivity contribution in [3.05, 3.63) is 18.0 Å². The zero-order chi connectivity index (χ0) is 13.5. The van der Waals surface area contributed by atoms with Crippen LogP contribution >= 0.6 is 0 Å². The summed E-state index contributed by atoms with van der Waals surface area (Å²) in [7, 11) is 3.78. The molecule has 1 aliphatic carbocycles. The summed E-state index contributed by atoms with van der Waals surface area (Å²) in [5, 5.41) is 3.28. The number of nitrogens with one attached hydrogen (secondary N) is 1. The average molecular weight is 264 g/mol. The maximum absolute atomic E-state index is 4.98. The molecule has 0 radical (unpaired) electrons. The van der Waals surface area contributed by atoms with Gasteiger partial charge in [0.05, 0.1) is 6.61 Å². The highest BCUT2D eigenvalue weighted by Crippen LogP contribution is 2.27. The quantitative estimate of drug-likeness (QED) is 0.720. The zero-order valence-corrected chi connectivity index (χ0v) is 11.9.